The van der Waals surface area contributed by atoms with Crippen LogP contribution in [0, 0.1) is 0 Å². The summed E-state index contributed by atoms with van der Waals surface area (Å²) in [4.78, 5) is 26.0. The Morgan fingerprint density at radius 3 is 2.34 bits per heavy atom. The number of carbonyl (C=O) groups excluding carboxylic acids is 2. The Labute approximate surface area is 173 Å². The Morgan fingerprint density at radius 1 is 1.00 bits per heavy atom. The summed E-state index contributed by atoms with van der Waals surface area (Å²) >= 11 is 0. The van der Waals surface area contributed by atoms with Gasteiger partial charge in [0.25, 0.3) is 0 Å². The Morgan fingerprint density at radius 2 is 1.69 bits per heavy atom. The molecule has 1 saturated carbocycles. The van der Waals surface area contributed by atoms with Gasteiger partial charge in [-0.1, -0.05) is 49.6 Å². The van der Waals surface area contributed by atoms with E-state index in [9.17, 15) is 9.59 Å². The minimum absolute atomic E-state index is 0.0194. The van der Waals surface area contributed by atoms with Crippen LogP contribution < -0.4 is 15.0 Å². The first-order valence-electron chi connectivity index (χ1n) is 10.5. The molecule has 29 heavy (non-hydrogen) atoms. The molecule has 0 saturated heterocycles. The lowest BCUT2D eigenvalue weighted by Gasteiger charge is -2.24. The number of nitrogens with one attached hydrogen (secondary N) is 1. The van der Waals surface area contributed by atoms with Crippen LogP contribution >= 0.6 is 0 Å². The number of nitrogens with zero attached hydrogens (tertiary/aromatic N) is 1. The van der Waals surface area contributed by atoms with Gasteiger partial charge < -0.3 is 15.0 Å². The summed E-state index contributed by atoms with van der Waals surface area (Å²) in [5.41, 5.74) is 1.88. The molecule has 5 heteroatoms. The lowest BCUT2D eigenvalue weighted by Crippen LogP contribution is -2.39. The summed E-state index contributed by atoms with van der Waals surface area (Å²) in [6, 6.07) is 17.7. The fraction of sp³-hybridized carbons (Fsp3) is 0.417. The first-order valence-corrected chi connectivity index (χ1v) is 10.5. The summed E-state index contributed by atoms with van der Waals surface area (Å²) < 4.78 is 5.80. The van der Waals surface area contributed by atoms with Gasteiger partial charge in [0.1, 0.15) is 12.4 Å². The van der Waals surface area contributed by atoms with E-state index < -0.39 is 0 Å². The van der Waals surface area contributed by atoms with Crippen LogP contribution in [0.4, 0.5) is 5.69 Å². The highest BCUT2D eigenvalue weighted by molar-refractivity contribution is 5.92. The van der Waals surface area contributed by atoms with Gasteiger partial charge in [-0.15, -0.1) is 0 Å². The van der Waals surface area contributed by atoms with Crippen molar-refractivity contribution in [2.75, 3.05) is 11.4 Å². The summed E-state index contributed by atoms with van der Waals surface area (Å²) in [6.45, 7) is 2.40. The van der Waals surface area contributed by atoms with Crippen molar-refractivity contribution in [3.63, 3.8) is 0 Å². The van der Waals surface area contributed by atoms with Gasteiger partial charge in [0.05, 0.1) is 0 Å². The molecular weight excluding hydrogens is 364 g/mol. The predicted molar refractivity (Wildman–Crippen MR) is 115 cm³/mol. The van der Waals surface area contributed by atoms with Gasteiger partial charge in [-0.2, -0.15) is 0 Å². The van der Waals surface area contributed by atoms with E-state index in [1.165, 1.54) is 26.2 Å². The van der Waals surface area contributed by atoms with E-state index >= 15 is 0 Å². The molecule has 1 N–H and O–H groups in total. The van der Waals surface area contributed by atoms with E-state index in [-0.39, 0.29) is 11.8 Å². The second-order valence-electron chi connectivity index (χ2n) is 7.59. The first kappa shape index (κ1) is 20.9. The molecule has 154 valence electrons. The molecular formula is C24H30N2O3. The number of rotatable bonds is 8. The molecule has 2 aromatic carbocycles. The third kappa shape index (κ3) is 6.63. The molecule has 0 atom stereocenters. The van der Waals surface area contributed by atoms with Gasteiger partial charge >= 0.3 is 0 Å². The van der Waals surface area contributed by atoms with Crippen molar-refractivity contribution in [2.24, 2.45) is 0 Å². The standard InChI is InChI=1S/C24H30N2O3/c1-19(27)26(17-16-24(28)25-21-10-6-3-7-11-21)22-12-14-23(15-13-22)29-18-20-8-4-2-5-9-20/h2,4-5,8-9,12-15,21H,3,6-7,10-11,16-18H2,1H3,(H,25,28). The van der Waals surface area contributed by atoms with Crippen molar-refractivity contribution >= 4 is 17.5 Å². The normalized spacial score (nSPS) is 14.2. The molecule has 3 rings (SSSR count). The number of benzene rings is 2. The fourth-order valence-electron chi connectivity index (χ4n) is 3.69. The minimum atomic E-state index is -0.0755. The van der Waals surface area contributed by atoms with Crippen LogP contribution in [-0.4, -0.2) is 24.4 Å². The zero-order valence-corrected chi connectivity index (χ0v) is 17.1. The van der Waals surface area contributed by atoms with Crippen molar-refractivity contribution < 1.29 is 14.3 Å². The van der Waals surface area contributed by atoms with E-state index in [0.29, 0.717) is 25.6 Å². The lowest BCUT2D eigenvalue weighted by molar-refractivity contribution is -0.121. The van der Waals surface area contributed by atoms with Crippen molar-refractivity contribution in [2.45, 2.75) is 58.1 Å². The van der Waals surface area contributed by atoms with E-state index in [0.717, 1.165) is 29.8 Å². The number of carbonyl (C=O) groups is 2. The molecule has 0 unspecified atom stereocenters. The monoisotopic (exact) mass is 394 g/mol. The van der Waals surface area contributed by atoms with Gasteiger partial charge in [-0.05, 0) is 42.7 Å². The van der Waals surface area contributed by atoms with E-state index in [1.54, 1.807) is 4.90 Å². The van der Waals surface area contributed by atoms with Crippen LogP contribution in [0.15, 0.2) is 54.6 Å². The minimum Gasteiger partial charge on any atom is -0.489 e. The molecule has 0 spiro atoms. The van der Waals surface area contributed by atoms with Gasteiger partial charge in [0.15, 0.2) is 0 Å². The highest BCUT2D eigenvalue weighted by Gasteiger charge is 2.18. The number of hydrogen-bond acceptors (Lipinski definition) is 3. The van der Waals surface area contributed by atoms with Gasteiger partial charge in [0, 0.05) is 31.6 Å². The quantitative estimate of drug-likeness (QED) is 0.719. The molecule has 1 fully saturated rings. The van der Waals surface area contributed by atoms with E-state index in [2.05, 4.69) is 5.32 Å². The first-order chi connectivity index (χ1) is 14.1. The van der Waals surface area contributed by atoms with Crippen LogP contribution in [0.1, 0.15) is 51.0 Å². The Hall–Kier alpha value is -2.82. The third-order valence-electron chi connectivity index (χ3n) is 5.31. The van der Waals surface area contributed by atoms with Crippen LogP contribution in [0.25, 0.3) is 0 Å². The number of amides is 2. The number of anilines is 1. The average Bonchev–Trinajstić information content (AvgIpc) is 2.74. The Kier molecular flexibility index (Phi) is 7.68. The molecule has 5 nitrogen and oxygen atoms in total. The van der Waals surface area contributed by atoms with Gasteiger partial charge in [-0.25, -0.2) is 0 Å². The van der Waals surface area contributed by atoms with Crippen molar-refractivity contribution in [1.29, 1.82) is 0 Å². The van der Waals surface area contributed by atoms with E-state index in [1.807, 2.05) is 54.6 Å². The summed E-state index contributed by atoms with van der Waals surface area (Å²) in [7, 11) is 0. The third-order valence-corrected chi connectivity index (χ3v) is 5.31. The van der Waals surface area contributed by atoms with Crippen LogP contribution in [0.3, 0.4) is 0 Å². The summed E-state index contributed by atoms with van der Waals surface area (Å²) in [5.74, 6) is 0.690. The molecule has 1 aliphatic rings. The predicted octanol–water partition coefficient (Wildman–Crippen LogP) is 4.46. The topological polar surface area (TPSA) is 58.6 Å². The lowest BCUT2D eigenvalue weighted by atomic mass is 9.95. The van der Waals surface area contributed by atoms with Crippen molar-refractivity contribution in [3.8, 4) is 5.75 Å². The second-order valence-corrected chi connectivity index (χ2v) is 7.59. The average molecular weight is 395 g/mol. The zero-order chi connectivity index (χ0) is 20.5. The smallest absolute Gasteiger partial charge is 0.223 e. The molecule has 2 amide bonds. The molecule has 1 aliphatic carbocycles. The molecule has 0 bridgehead atoms. The molecule has 0 heterocycles. The molecule has 0 aliphatic heterocycles. The van der Waals surface area contributed by atoms with Gasteiger partial charge in [-0.3, -0.25) is 9.59 Å². The molecule has 2 aromatic rings. The fourth-order valence-corrected chi connectivity index (χ4v) is 3.69. The maximum Gasteiger partial charge on any atom is 0.223 e. The maximum absolute atomic E-state index is 12.3. The summed E-state index contributed by atoms with van der Waals surface area (Å²) in [5, 5.41) is 3.11. The van der Waals surface area contributed by atoms with Crippen LogP contribution in [-0.2, 0) is 16.2 Å². The van der Waals surface area contributed by atoms with E-state index in [4.69, 9.17) is 4.74 Å². The number of hydrogen-bond donors (Lipinski definition) is 1. The maximum atomic E-state index is 12.3. The highest BCUT2D eigenvalue weighted by atomic mass is 16.5. The summed E-state index contributed by atoms with van der Waals surface area (Å²) in [6.07, 6.45) is 6.06. The van der Waals surface area contributed by atoms with Crippen molar-refractivity contribution in [3.05, 3.63) is 60.2 Å². The second kappa shape index (κ2) is 10.6. The molecule has 0 radical (unpaired) electrons. The van der Waals surface area contributed by atoms with Crippen LogP contribution in [0.2, 0.25) is 0 Å². The SMILES string of the molecule is CC(=O)N(CCC(=O)NC1CCCCC1)c1ccc(OCc2ccccc2)cc1. The number of ether oxygens (including phenoxy) is 1. The molecule has 0 aromatic heterocycles. The van der Waals surface area contributed by atoms with Gasteiger partial charge in [0.2, 0.25) is 11.8 Å². The Bertz CT molecular complexity index is 784. The highest BCUT2D eigenvalue weighted by Crippen LogP contribution is 2.21. The van der Waals surface area contributed by atoms with Crippen molar-refractivity contribution in [1.82, 2.24) is 5.32 Å². The van der Waals surface area contributed by atoms with Crippen LogP contribution in [0.5, 0.6) is 5.75 Å². The largest absolute Gasteiger partial charge is 0.489 e. The zero-order valence-electron chi connectivity index (χ0n) is 17.1. The Balaban J connectivity index is 1.51.